The molecule has 92 valence electrons. The molecule has 18 heavy (non-hydrogen) atoms. The van der Waals surface area contributed by atoms with Crippen LogP contribution < -0.4 is 0 Å². The van der Waals surface area contributed by atoms with Gasteiger partial charge in [-0.2, -0.15) is 0 Å². The highest BCUT2D eigenvalue weighted by Crippen LogP contribution is 2.24. The van der Waals surface area contributed by atoms with Crippen molar-refractivity contribution in [3.05, 3.63) is 71.6 Å². The van der Waals surface area contributed by atoms with E-state index in [0.29, 0.717) is 4.48 Å². The molecule has 4 heteroatoms. The Morgan fingerprint density at radius 3 is 1.94 bits per heavy atom. The summed E-state index contributed by atoms with van der Waals surface area (Å²) in [5.74, 6) is 0. The maximum absolute atomic E-state index is 12.1. The van der Waals surface area contributed by atoms with Crippen molar-refractivity contribution in [1.82, 2.24) is 0 Å². The highest BCUT2D eigenvalue weighted by molar-refractivity contribution is 9.15. The molecule has 0 saturated carbocycles. The van der Waals surface area contributed by atoms with Crippen molar-refractivity contribution < 1.29 is 8.42 Å². The first kappa shape index (κ1) is 13.1. The molecule has 0 amide bonds. The summed E-state index contributed by atoms with van der Waals surface area (Å²) in [6.07, 6.45) is 0. The van der Waals surface area contributed by atoms with Gasteiger partial charge in [-0.15, -0.1) is 0 Å². The summed E-state index contributed by atoms with van der Waals surface area (Å²) >= 11 is 3.30. The predicted molar refractivity (Wildman–Crippen MR) is 77.0 cm³/mol. The molecule has 0 aliphatic heterocycles. The van der Waals surface area contributed by atoms with Gasteiger partial charge in [0, 0.05) is 4.48 Å². The van der Waals surface area contributed by atoms with Gasteiger partial charge in [0.2, 0.25) is 9.84 Å². The van der Waals surface area contributed by atoms with E-state index in [9.17, 15) is 8.42 Å². The van der Waals surface area contributed by atoms with Gasteiger partial charge >= 0.3 is 0 Å². The van der Waals surface area contributed by atoms with Crippen molar-refractivity contribution in [3.8, 4) is 0 Å². The minimum Gasteiger partial charge on any atom is -0.219 e. The van der Waals surface area contributed by atoms with Crippen molar-refractivity contribution in [2.75, 3.05) is 0 Å². The largest absolute Gasteiger partial charge is 0.219 e. The summed E-state index contributed by atoms with van der Waals surface area (Å²) in [6.45, 7) is 0. The third kappa shape index (κ3) is 3.09. The van der Waals surface area contributed by atoms with Crippen LogP contribution in [-0.2, 0) is 9.84 Å². The van der Waals surface area contributed by atoms with E-state index < -0.39 is 9.84 Å². The SMILES string of the molecule is O=S(=O)(/C=C(/Br)c1ccccc1)c1ccccc1. The number of benzene rings is 2. The topological polar surface area (TPSA) is 34.1 Å². The molecule has 2 aromatic rings. The van der Waals surface area contributed by atoms with Crippen molar-refractivity contribution in [2.45, 2.75) is 4.90 Å². The summed E-state index contributed by atoms with van der Waals surface area (Å²) < 4.78 is 24.8. The monoisotopic (exact) mass is 322 g/mol. The summed E-state index contributed by atoms with van der Waals surface area (Å²) in [6, 6.07) is 17.7. The number of halogens is 1. The Hall–Kier alpha value is -1.39. The fraction of sp³-hybridized carbons (Fsp3) is 0. The standard InChI is InChI=1S/C14H11BrO2S/c15-14(12-7-3-1-4-8-12)11-18(16,17)13-9-5-2-6-10-13/h1-11H/b14-11+. The molecule has 0 bridgehead atoms. The van der Waals surface area contributed by atoms with Crippen LogP contribution in [-0.4, -0.2) is 8.42 Å². The quantitative estimate of drug-likeness (QED) is 0.860. The summed E-state index contributed by atoms with van der Waals surface area (Å²) in [7, 11) is -3.42. The summed E-state index contributed by atoms with van der Waals surface area (Å²) in [5, 5.41) is 1.23. The third-order valence-electron chi connectivity index (χ3n) is 2.38. The van der Waals surface area contributed by atoms with E-state index in [1.807, 2.05) is 30.3 Å². The van der Waals surface area contributed by atoms with Gasteiger partial charge in [0.1, 0.15) is 0 Å². The van der Waals surface area contributed by atoms with Gasteiger partial charge in [0.05, 0.1) is 10.3 Å². The smallest absolute Gasteiger partial charge is 0.200 e. The van der Waals surface area contributed by atoms with Crippen LogP contribution in [0.25, 0.3) is 4.48 Å². The van der Waals surface area contributed by atoms with Gasteiger partial charge in [0.25, 0.3) is 0 Å². The normalized spacial score (nSPS) is 12.4. The molecular formula is C14H11BrO2S. The highest BCUT2D eigenvalue weighted by Gasteiger charge is 2.11. The van der Waals surface area contributed by atoms with E-state index in [0.717, 1.165) is 5.56 Å². The second kappa shape index (κ2) is 5.50. The first-order valence-corrected chi connectivity index (χ1v) is 7.66. The highest BCUT2D eigenvalue weighted by atomic mass is 79.9. The van der Waals surface area contributed by atoms with Gasteiger partial charge in [-0.25, -0.2) is 8.42 Å². The van der Waals surface area contributed by atoms with Crippen LogP contribution in [0.1, 0.15) is 5.56 Å². The minimum atomic E-state index is -3.42. The molecule has 2 aromatic carbocycles. The Morgan fingerprint density at radius 2 is 1.39 bits per heavy atom. The molecule has 0 atom stereocenters. The average Bonchev–Trinajstić information content (AvgIpc) is 2.40. The van der Waals surface area contributed by atoms with Crippen LogP contribution in [0.2, 0.25) is 0 Å². The molecule has 0 heterocycles. The summed E-state index contributed by atoms with van der Waals surface area (Å²) in [4.78, 5) is 0.290. The van der Waals surface area contributed by atoms with E-state index in [1.165, 1.54) is 5.41 Å². The first-order chi connectivity index (χ1) is 8.59. The molecule has 2 nitrogen and oxygen atoms in total. The van der Waals surface area contributed by atoms with Gasteiger partial charge in [-0.3, -0.25) is 0 Å². The number of rotatable bonds is 3. The van der Waals surface area contributed by atoms with Gasteiger partial charge in [-0.1, -0.05) is 48.5 Å². The summed E-state index contributed by atoms with van der Waals surface area (Å²) in [5.41, 5.74) is 0.831. The molecule has 2 rings (SSSR count). The van der Waals surface area contributed by atoms with E-state index in [-0.39, 0.29) is 4.90 Å². The van der Waals surface area contributed by atoms with E-state index in [2.05, 4.69) is 15.9 Å². The molecule has 0 unspecified atom stereocenters. The van der Waals surface area contributed by atoms with E-state index in [4.69, 9.17) is 0 Å². The second-order valence-corrected chi connectivity index (χ2v) is 6.34. The van der Waals surface area contributed by atoms with E-state index >= 15 is 0 Å². The number of sulfone groups is 1. The molecule has 0 saturated heterocycles. The number of hydrogen-bond donors (Lipinski definition) is 0. The van der Waals surface area contributed by atoms with Crippen molar-refractivity contribution in [1.29, 1.82) is 0 Å². The molecular weight excluding hydrogens is 312 g/mol. The minimum absolute atomic E-state index is 0.290. The Labute approximate surface area is 115 Å². The Morgan fingerprint density at radius 1 is 0.889 bits per heavy atom. The Bertz CT molecular complexity index is 647. The third-order valence-corrected chi connectivity index (χ3v) is 4.84. The zero-order valence-corrected chi connectivity index (χ0v) is 11.9. The fourth-order valence-corrected chi connectivity index (χ4v) is 3.56. The van der Waals surface area contributed by atoms with Crippen molar-refractivity contribution in [2.24, 2.45) is 0 Å². The second-order valence-electron chi connectivity index (χ2n) is 3.69. The first-order valence-electron chi connectivity index (χ1n) is 5.32. The van der Waals surface area contributed by atoms with Gasteiger partial charge in [0.15, 0.2) is 0 Å². The fourth-order valence-electron chi connectivity index (χ4n) is 1.48. The molecule has 0 spiro atoms. The zero-order valence-electron chi connectivity index (χ0n) is 9.45. The van der Waals surface area contributed by atoms with Crippen molar-refractivity contribution in [3.63, 3.8) is 0 Å². The van der Waals surface area contributed by atoms with Crippen molar-refractivity contribution >= 4 is 30.2 Å². The molecule has 0 fully saturated rings. The molecule has 0 N–H and O–H groups in total. The van der Waals surface area contributed by atoms with Crippen LogP contribution in [0.5, 0.6) is 0 Å². The molecule has 0 aromatic heterocycles. The Kier molecular flexibility index (Phi) is 3.99. The van der Waals surface area contributed by atoms with Crippen LogP contribution in [0, 0.1) is 0 Å². The van der Waals surface area contributed by atoms with Gasteiger partial charge in [-0.05, 0) is 33.6 Å². The molecule has 0 aliphatic carbocycles. The van der Waals surface area contributed by atoms with Crippen LogP contribution in [0.3, 0.4) is 0 Å². The molecule has 0 aliphatic rings. The maximum Gasteiger partial charge on any atom is 0.200 e. The van der Waals surface area contributed by atoms with Crippen LogP contribution >= 0.6 is 15.9 Å². The Balaban J connectivity index is 2.39. The van der Waals surface area contributed by atoms with Crippen LogP contribution in [0.15, 0.2) is 71.0 Å². The van der Waals surface area contributed by atoms with E-state index in [1.54, 1.807) is 30.3 Å². The average molecular weight is 323 g/mol. The lowest BCUT2D eigenvalue weighted by Crippen LogP contribution is -1.96. The van der Waals surface area contributed by atoms with Crippen LogP contribution in [0.4, 0.5) is 0 Å². The predicted octanol–water partition coefficient (Wildman–Crippen LogP) is 3.85. The lowest BCUT2D eigenvalue weighted by atomic mass is 10.2. The molecule has 0 radical (unpaired) electrons. The maximum atomic E-state index is 12.1. The lowest BCUT2D eigenvalue weighted by molar-refractivity contribution is 0.605. The van der Waals surface area contributed by atoms with Gasteiger partial charge < -0.3 is 0 Å². The lowest BCUT2D eigenvalue weighted by Gasteiger charge is -2.01. The zero-order chi connectivity index (χ0) is 13.0. The number of hydrogen-bond acceptors (Lipinski definition) is 2.